The summed E-state index contributed by atoms with van der Waals surface area (Å²) in [5.74, 6) is -0.833. The van der Waals surface area contributed by atoms with E-state index in [1.54, 1.807) is 0 Å². The Labute approximate surface area is 47.5 Å². The zero-order valence-electron chi connectivity index (χ0n) is 3.63. The number of hydrogen-bond acceptors (Lipinski definition) is 2. The van der Waals surface area contributed by atoms with Crippen molar-refractivity contribution < 1.29 is 9.90 Å². The number of rotatable bonds is 0. The third-order valence-corrected chi connectivity index (χ3v) is 0. The number of carboxylic acid groups (broad SMARTS) is 1. The van der Waals surface area contributed by atoms with Gasteiger partial charge in [-0.3, -0.25) is 4.79 Å². The van der Waals surface area contributed by atoms with Crippen LogP contribution in [0.5, 0.6) is 0 Å². The van der Waals surface area contributed by atoms with Crippen LogP contribution in [-0.2, 0) is 4.79 Å². The minimum absolute atomic E-state index is 0.111. The third kappa shape index (κ3) is 8970. The molecule has 41 valence electrons. The van der Waals surface area contributed by atoms with E-state index in [1.165, 1.54) is 0 Å². The van der Waals surface area contributed by atoms with Gasteiger partial charge in [-0.1, -0.05) is 0 Å². The molecule has 0 amide bonds. The maximum atomic E-state index is 9.00. The van der Waals surface area contributed by atoms with Crippen LogP contribution >= 0.6 is 18.8 Å². The molecule has 0 fully saturated rings. The van der Waals surface area contributed by atoms with Crippen molar-refractivity contribution in [1.29, 1.82) is 5.00 Å². The van der Waals surface area contributed by atoms with Crippen LogP contribution in [0.3, 0.4) is 0 Å². The van der Waals surface area contributed by atoms with Crippen LogP contribution in [0.2, 0.25) is 0 Å². The number of halogens is 1. The molecule has 0 spiro atoms. The molecule has 0 aliphatic heterocycles. The molecule has 0 heterocycles. The molecule has 0 saturated heterocycles. The van der Waals surface area contributed by atoms with E-state index in [4.69, 9.17) is 14.9 Å². The Morgan fingerprint density at radius 3 is 2.00 bits per heavy atom. The molecule has 1 radical (unpaired) electrons. The van der Waals surface area contributed by atoms with Gasteiger partial charge in [-0.15, -0.1) is 0 Å². The van der Waals surface area contributed by atoms with Crippen LogP contribution in [0.1, 0.15) is 6.92 Å². The van der Waals surface area contributed by atoms with Gasteiger partial charge in [0, 0.05) is 6.92 Å². The second kappa shape index (κ2) is 9.31. The predicted octanol–water partition coefficient (Wildman–Crippen LogP) is 1.66. The standard InChI is InChI=1S/C2H4O2.ClNP/c1-2(3)4;1-3-2/h1H3,(H,3,4);. The van der Waals surface area contributed by atoms with Crippen LogP contribution in [0.15, 0.2) is 0 Å². The Hall–Kier alpha value is -0.100. The minimum atomic E-state index is -0.833. The van der Waals surface area contributed by atoms with Crippen molar-refractivity contribution in [3.8, 4) is 0 Å². The first-order chi connectivity index (χ1) is 3.15. The van der Waals surface area contributed by atoms with E-state index < -0.39 is 5.97 Å². The summed E-state index contributed by atoms with van der Waals surface area (Å²) in [4.78, 5) is 9.00. The van der Waals surface area contributed by atoms with Crippen molar-refractivity contribution in [1.82, 2.24) is 0 Å². The molecule has 0 aromatic heterocycles. The molecule has 5 heteroatoms. The molecule has 0 aliphatic carbocycles. The van der Waals surface area contributed by atoms with Gasteiger partial charge >= 0.3 is 23.8 Å². The number of carboxylic acids is 1. The second-order valence-electron chi connectivity index (χ2n) is 0.595. The molecule has 0 rings (SSSR count). The van der Waals surface area contributed by atoms with E-state index in [2.05, 4.69) is 11.2 Å². The molecular formula is C2H4ClNO2P. The van der Waals surface area contributed by atoms with Gasteiger partial charge < -0.3 is 5.11 Å². The van der Waals surface area contributed by atoms with Gasteiger partial charge in [0.15, 0.2) is 0 Å². The molecule has 7 heavy (non-hydrogen) atoms. The van der Waals surface area contributed by atoms with Crippen LogP contribution in [0, 0.1) is 5.00 Å². The van der Waals surface area contributed by atoms with Gasteiger partial charge in [0.1, 0.15) is 0 Å². The third-order valence-electron chi connectivity index (χ3n) is 0. The van der Waals surface area contributed by atoms with Crippen LogP contribution in [-0.4, -0.2) is 11.1 Å². The topological polar surface area (TPSA) is 61.1 Å². The molecule has 0 aromatic rings. The molecule has 0 atom stereocenters. The number of nitrogens with zero attached hydrogens (tertiary/aromatic N) is 1. The maximum absolute atomic E-state index is 9.00. The van der Waals surface area contributed by atoms with Crippen LogP contribution < -0.4 is 0 Å². The summed E-state index contributed by atoms with van der Waals surface area (Å²) in [5, 5.41) is 14.7. The first-order valence-electron chi connectivity index (χ1n) is 1.30. The second-order valence-corrected chi connectivity index (χ2v) is 1.20. The molecule has 0 bridgehead atoms. The fourth-order valence-corrected chi connectivity index (χ4v) is 0. The average Bonchev–Trinajstić information content (AvgIpc) is 1.33. The van der Waals surface area contributed by atoms with Crippen molar-refractivity contribution in [3.63, 3.8) is 0 Å². The Bertz CT molecular complexity index is 84.2. The molecule has 0 unspecified atom stereocenters. The summed E-state index contributed by atoms with van der Waals surface area (Å²) in [6.45, 7) is 1.08. The van der Waals surface area contributed by atoms with Gasteiger partial charge in [0.05, 0.1) is 0 Å². The molecule has 0 aromatic carbocycles. The van der Waals surface area contributed by atoms with E-state index in [1.807, 2.05) is 0 Å². The summed E-state index contributed by atoms with van der Waals surface area (Å²) < 4.78 is 0. The van der Waals surface area contributed by atoms with Gasteiger partial charge in [0.25, 0.3) is 5.97 Å². The van der Waals surface area contributed by atoms with Crippen molar-refractivity contribution in [2.75, 3.05) is 0 Å². The van der Waals surface area contributed by atoms with E-state index in [0.29, 0.717) is 0 Å². The first-order valence-corrected chi connectivity index (χ1v) is 3.05. The van der Waals surface area contributed by atoms with Crippen molar-refractivity contribution in [2.45, 2.75) is 6.92 Å². The Balaban J connectivity index is 0. The normalized spacial score (nSPS) is 5.29. The van der Waals surface area contributed by atoms with Gasteiger partial charge in [-0.05, 0) is 0 Å². The van der Waals surface area contributed by atoms with E-state index in [9.17, 15) is 0 Å². The predicted molar refractivity (Wildman–Crippen MR) is 27.8 cm³/mol. The van der Waals surface area contributed by atoms with Crippen LogP contribution in [0.25, 0.3) is 0 Å². The van der Waals surface area contributed by atoms with Gasteiger partial charge in [0.2, 0.25) is 0 Å². The van der Waals surface area contributed by atoms with Crippen molar-refractivity contribution >= 4 is 24.8 Å². The SMILES string of the molecule is CC(=O)O.N#[P]Cl. The zero-order valence-corrected chi connectivity index (χ0v) is 5.28. The Morgan fingerprint density at radius 1 is 2.00 bits per heavy atom. The molecular weight excluding hydrogens is 136 g/mol. The summed E-state index contributed by atoms with van der Waals surface area (Å²) >= 11 is 4.53. The summed E-state index contributed by atoms with van der Waals surface area (Å²) in [7, 11) is -0.111. The number of carbonyl (C=O) groups is 1. The fraction of sp³-hybridized carbons (Fsp3) is 0.500. The fourth-order valence-electron chi connectivity index (χ4n) is 0. The van der Waals surface area contributed by atoms with E-state index in [0.717, 1.165) is 6.92 Å². The Kier molecular flexibility index (Phi) is 13.3. The van der Waals surface area contributed by atoms with Crippen molar-refractivity contribution in [3.05, 3.63) is 0 Å². The van der Waals surface area contributed by atoms with E-state index in [-0.39, 0.29) is 7.57 Å². The summed E-state index contributed by atoms with van der Waals surface area (Å²) in [6.07, 6.45) is 0. The molecule has 0 aliphatic rings. The monoisotopic (exact) mass is 140 g/mol. The number of aliphatic carboxylic acids is 1. The average molecular weight is 140 g/mol. The zero-order chi connectivity index (χ0) is 6.28. The summed E-state index contributed by atoms with van der Waals surface area (Å²) in [5.41, 5.74) is 0. The number of hydrogen-bond donors (Lipinski definition) is 1. The Morgan fingerprint density at radius 2 is 2.00 bits per heavy atom. The molecule has 0 saturated carbocycles. The quantitative estimate of drug-likeness (QED) is 0.521. The van der Waals surface area contributed by atoms with E-state index >= 15 is 0 Å². The van der Waals surface area contributed by atoms with Gasteiger partial charge in [-0.2, -0.15) is 0 Å². The molecule has 1 N–H and O–H groups in total. The molecule has 3 nitrogen and oxygen atoms in total. The van der Waals surface area contributed by atoms with Crippen molar-refractivity contribution in [2.24, 2.45) is 0 Å². The van der Waals surface area contributed by atoms with Gasteiger partial charge in [-0.25, -0.2) is 0 Å². The van der Waals surface area contributed by atoms with Crippen LogP contribution in [0.4, 0.5) is 0 Å². The first kappa shape index (κ1) is 10.0. The summed E-state index contributed by atoms with van der Waals surface area (Å²) in [6, 6.07) is 0.